The van der Waals surface area contributed by atoms with Crippen LogP contribution in [0.3, 0.4) is 0 Å². The average Bonchev–Trinajstić information content (AvgIpc) is 2.33. The standard InChI is InChI=1S/C17H29NO2/c1-7-19-16(17(4,5)6)15(18)13-10-8-9-11-14(13)20-12(2)3/h8-12,15-16H,7,18H2,1-6H3. The van der Waals surface area contributed by atoms with E-state index in [0.29, 0.717) is 6.61 Å². The van der Waals surface area contributed by atoms with Gasteiger partial charge in [0, 0.05) is 12.2 Å². The van der Waals surface area contributed by atoms with Crippen LogP contribution in [0.2, 0.25) is 0 Å². The highest BCUT2D eigenvalue weighted by molar-refractivity contribution is 5.36. The lowest BCUT2D eigenvalue weighted by molar-refractivity contribution is -0.0288. The highest BCUT2D eigenvalue weighted by atomic mass is 16.5. The highest BCUT2D eigenvalue weighted by Gasteiger charge is 2.33. The van der Waals surface area contributed by atoms with Crippen LogP contribution in [0.4, 0.5) is 0 Å². The molecule has 0 spiro atoms. The number of hydrogen-bond acceptors (Lipinski definition) is 3. The average molecular weight is 279 g/mol. The summed E-state index contributed by atoms with van der Waals surface area (Å²) in [5, 5.41) is 0. The molecule has 0 aliphatic rings. The van der Waals surface area contributed by atoms with E-state index >= 15 is 0 Å². The van der Waals surface area contributed by atoms with Gasteiger partial charge in [0.25, 0.3) is 0 Å². The molecule has 1 aromatic carbocycles. The molecule has 0 bridgehead atoms. The summed E-state index contributed by atoms with van der Waals surface area (Å²) in [5.74, 6) is 0.851. The summed E-state index contributed by atoms with van der Waals surface area (Å²) < 4.78 is 11.8. The van der Waals surface area contributed by atoms with E-state index in [0.717, 1.165) is 11.3 Å². The summed E-state index contributed by atoms with van der Waals surface area (Å²) in [4.78, 5) is 0. The van der Waals surface area contributed by atoms with E-state index in [1.165, 1.54) is 0 Å². The number of ether oxygens (including phenoxy) is 2. The first-order valence-electron chi connectivity index (χ1n) is 7.40. The maximum Gasteiger partial charge on any atom is 0.124 e. The van der Waals surface area contributed by atoms with Crippen molar-refractivity contribution >= 4 is 0 Å². The van der Waals surface area contributed by atoms with Crippen molar-refractivity contribution in [1.82, 2.24) is 0 Å². The van der Waals surface area contributed by atoms with Gasteiger partial charge >= 0.3 is 0 Å². The van der Waals surface area contributed by atoms with Crippen LogP contribution in [0.5, 0.6) is 5.75 Å². The molecule has 3 nitrogen and oxygen atoms in total. The molecule has 3 heteroatoms. The van der Waals surface area contributed by atoms with Gasteiger partial charge in [-0.25, -0.2) is 0 Å². The molecule has 2 N–H and O–H groups in total. The van der Waals surface area contributed by atoms with Crippen LogP contribution in [0.15, 0.2) is 24.3 Å². The van der Waals surface area contributed by atoms with Crippen LogP contribution in [0.1, 0.15) is 53.1 Å². The fraction of sp³-hybridized carbons (Fsp3) is 0.647. The lowest BCUT2D eigenvalue weighted by Gasteiger charge is -2.35. The van der Waals surface area contributed by atoms with Crippen LogP contribution >= 0.6 is 0 Å². The van der Waals surface area contributed by atoms with E-state index in [1.807, 2.05) is 45.0 Å². The van der Waals surface area contributed by atoms with Gasteiger partial charge in [0.1, 0.15) is 5.75 Å². The topological polar surface area (TPSA) is 44.5 Å². The number of rotatable bonds is 6. The second-order valence-electron chi connectivity index (χ2n) is 6.47. The Morgan fingerprint density at radius 1 is 1.15 bits per heavy atom. The van der Waals surface area contributed by atoms with Crippen molar-refractivity contribution in [3.8, 4) is 5.75 Å². The summed E-state index contributed by atoms with van der Waals surface area (Å²) in [6.07, 6.45) is 0.0768. The van der Waals surface area contributed by atoms with E-state index < -0.39 is 0 Å². The monoisotopic (exact) mass is 279 g/mol. The Hall–Kier alpha value is -1.06. The van der Waals surface area contributed by atoms with Crippen molar-refractivity contribution in [3.63, 3.8) is 0 Å². The minimum absolute atomic E-state index is 0.0274. The molecule has 20 heavy (non-hydrogen) atoms. The Morgan fingerprint density at radius 3 is 2.25 bits per heavy atom. The Bertz CT molecular complexity index is 410. The van der Waals surface area contributed by atoms with E-state index in [2.05, 4.69) is 20.8 Å². The summed E-state index contributed by atoms with van der Waals surface area (Å²) in [7, 11) is 0. The molecule has 0 aliphatic heterocycles. The smallest absolute Gasteiger partial charge is 0.124 e. The molecule has 0 amide bonds. The fourth-order valence-electron chi connectivity index (χ4n) is 2.35. The zero-order valence-corrected chi connectivity index (χ0v) is 13.6. The number of benzene rings is 1. The largest absolute Gasteiger partial charge is 0.491 e. The quantitative estimate of drug-likeness (QED) is 0.858. The Morgan fingerprint density at radius 2 is 1.75 bits per heavy atom. The molecular formula is C17H29NO2. The minimum atomic E-state index is -0.204. The molecule has 1 aromatic rings. The molecule has 2 unspecified atom stereocenters. The molecule has 114 valence electrons. The summed E-state index contributed by atoms with van der Waals surface area (Å²) in [6, 6.07) is 7.76. The lowest BCUT2D eigenvalue weighted by Crippen LogP contribution is -2.39. The molecule has 0 heterocycles. The van der Waals surface area contributed by atoms with Gasteiger partial charge in [0.2, 0.25) is 0 Å². The van der Waals surface area contributed by atoms with Crippen molar-refractivity contribution in [2.75, 3.05) is 6.61 Å². The highest BCUT2D eigenvalue weighted by Crippen LogP contribution is 2.35. The second kappa shape index (κ2) is 7.09. The molecule has 0 saturated carbocycles. The first-order chi connectivity index (χ1) is 9.27. The van der Waals surface area contributed by atoms with Gasteiger partial charge in [0.05, 0.1) is 18.2 Å². The molecule has 0 fully saturated rings. The van der Waals surface area contributed by atoms with Crippen molar-refractivity contribution in [1.29, 1.82) is 0 Å². The maximum atomic E-state index is 6.48. The van der Waals surface area contributed by atoms with Gasteiger partial charge in [-0.05, 0) is 32.3 Å². The molecule has 0 saturated heterocycles. The van der Waals surface area contributed by atoms with Gasteiger partial charge in [-0.1, -0.05) is 39.0 Å². The normalized spacial score (nSPS) is 15.2. The number of hydrogen-bond donors (Lipinski definition) is 1. The van der Waals surface area contributed by atoms with Gasteiger partial charge in [0.15, 0.2) is 0 Å². The van der Waals surface area contributed by atoms with Crippen LogP contribution in [-0.4, -0.2) is 18.8 Å². The van der Waals surface area contributed by atoms with Crippen LogP contribution in [-0.2, 0) is 4.74 Å². The predicted octanol–water partition coefficient (Wildman–Crippen LogP) is 3.92. The van der Waals surface area contributed by atoms with Gasteiger partial charge in [-0.3, -0.25) is 0 Å². The van der Waals surface area contributed by atoms with E-state index in [4.69, 9.17) is 15.2 Å². The van der Waals surface area contributed by atoms with Crippen LogP contribution < -0.4 is 10.5 Å². The third-order valence-electron chi connectivity index (χ3n) is 3.17. The molecule has 0 aromatic heterocycles. The lowest BCUT2D eigenvalue weighted by atomic mass is 9.82. The third kappa shape index (κ3) is 4.50. The van der Waals surface area contributed by atoms with Crippen LogP contribution in [0.25, 0.3) is 0 Å². The van der Waals surface area contributed by atoms with E-state index in [1.54, 1.807) is 0 Å². The van der Waals surface area contributed by atoms with Crippen molar-refractivity contribution in [2.45, 2.75) is 59.8 Å². The Kier molecular flexibility index (Phi) is 6.03. The molecule has 1 rings (SSSR count). The summed E-state index contributed by atoms with van der Waals surface area (Å²) in [5.41, 5.74) is 7.46. The summed E-state index contributed by atoms with van der Waals surface area (Å²) in [6.45, 7) is 13.2. The van der Waals surface area contributed by atoms with E-state index in [9.17, 15) is 0 Å². The maximum absolute atomic E-state index is 6.48. The SMILES string of the molecule is CCOC(C(N)c1ccccc1OC(C)C)C(C)(C)C. The minimum Gasteiger partial charge on any atom is -0.491 e. The van der Waals surface area contributed by atoms with Crippen LogP contribution in [0, 0.1) is 5.41 Å². The molecule has 2 atom stereocenters. The number of para-hydroxylation sites is 1. The van der Waals surface area contributed by atoms with Gasteiger partial charge < -0.3 is 15.2 Å². The Labute approximate surface area is 123 Å². The van der Waals surface area contributed by atoms with Gasteiger partial charge in [-0.2, -0.15) is 0 Å². The zero-order chi connectivity index (χ0) is 15.3. The predicted molar refractivity (Wildman–Crippen MR) is 84.0 cm³/mol. The Balaban J connectivity index is 3.08. The number of nitrogens with two attached hydrogens (primary N) is 1. The van der Waals surface area contributed by atoms with Gasteiger partial charge in [-0.15, -0.1) is 0 Å². The first-order valence-corrected chi connectivity index (χ1v) is 7.40. The molecule has 0 radical (unpaired) electrons. The van der Waals surface area contributed by atoms with Crippen molar-refractivity contribution < 1.29 is 9.47 Å². The second-order valence-corrected chi connectivity index (χ2v) is 6.47. The van der Waals surface area contributed by atoms with Crippen molar-refractivity contribution in [2.24, 2.45) is 11.1 Å². The fourth-order valence-corrected chi connectivity index (χ4v) is 2.35. The summed E-state index contributed by atoms with van der Waals surface area (Å²) >= 11 is 0. The van der Waals surface area contributed by atoms with Crippen molar-refractivity contribution in [3.05, 3.63) is 29.8 Å². The first kappa shape index (κ1) is 17.0. The zero-order valence-electron chi connectivity index (χ0n) is 13.6. The van der Waals surface area contributed by atoms with E-state index in [-0.39, 0.29) is 23.7 Å². The molecule has 0 aliphatic carbocycles. The third-order valence-corrected chi connectivity index (χ3v) is 3.17. The molecular weight excluding hydrogens is 250 g/mol.